The number of carboxylic acid groups (broad SMARTS) is 1. The normalized spacial score (nSPS) is 10.2. The fourth-order valence-electron chi connectivity index (χ4n) is 2.14. The third-order valence-electron chi connectivity index (χ3n) is 3.23. The second kappa shape index (κ2) is 6.91. The molecule has 0 unspecified atom stereocenters. The molecule has 0 fully saturated rings. The first kappa shape index (κ1) is 16.5. The Morgan fingerprint density at radius 1 is 1.13 bits per heavy atom. The van der Waals surface area contributed by atoms with Crippen LogP contribution >= 0.6 is 0 Å². The predicted molar refractivity (Wildman–Crippen MR) is 81.3 cm³/mol. The van der Waals surface area contributed by atoms with E-state index in [0.29, 0.717) is 16.9 Å². The van der Waals surface area contributed by atoms with E-state index in [4.69, 9.17) is 9.47 Å². The van der Waals surface area contributed by atoms with Gasteiger partial charge in [0, 0.05) is 0 Å². The van der Waals surface area contributed by atoms with Crippen molar-refractivity contribution in [2.75, 3.05) is 13.7 Å². The van der Waals surface area contributed by atoms with Gasteiger partial charge in [-0.15, -0.1) is 0 Å². The van der Waals surface area contributed by atoms with Gasteiger partial charge in [0.2, 0.25) is 0 Å². The first-order valence-electron chi connectivity index (χ1n) is 6.86. The van der Waals surface area contributed by atoms with Crippen LogP contribution in [0.15, 0.2) is 36.4 Å². The molecule has 6 heteroatoms. The van der Waals surface area contributed by atoms with Crippen LogP contribution in [0.2, 0.25) is 0 Å². The second-order valence-corrected chi connectivity index (χ2v) is 4.63. The lowest BCUT2D eigenvalue weighted by atomic mass is 9.98. The van der Waals surface area contributed by atoms with Crippen LogP contribution < -0.4 is 4.74 Å². The summed E-state index contributed by atoms with van der Waals surface area (Å²) in [4.78, 5) is 23.0. The number of carbonyl (C=O) groups excluding carboxylic acids is 1. The Morgan fingerprint density at radius 3 is 2.43 bits per heavy atom. The van der Waals surface area contributed by atoms with Gasteiger partial charge in [-0.3, -0.25) is 0 Å². The lowest BCUT2D eigenvalue weighted by molar-refractivity contribution is 0.0520. The Balaban J connectivity index is 2.49. The van der Waals surface area contributed by atoms with Crippen molar-refractivity contribution in [1.29, 1.82) is 0 Å². The van der Waals surface area contributed by atoms with Gasteiger partial charge in [-0.05, 0) is 48.4 Å². The highest BCUT2D eigenvalue weighted by Gasteiger charge is 2.17. The zero-order chi connectivity index (χ0) is 17.0. The Hall–Kier alpha value is -2.89. The third kappa shape index (κ3) is 3.48. The van der Waals surface area contributed by atoms with E-state index >= 15 is 0 Å². The highest BCUT2D eigenvalue weighted by molar-refractivity contribution is 5.97. The van der Waals surface area contributed by atoms with Crippen molar-refractivity contribution in [3.8, 4) is 16.9 Å². The fraction of sp³-hybridized carbons (Fsp3) is 0.176. The van der Waals surface area contributed by atoms with Gasteiger partial charge in [0.05, 0.1) is 24.8 Å². The van der Waals surface area contributed by atoms with Gasteiger partial charge in [0.25, 0.3) is 0 Å². The van der Waals surface area contributed by atoms with Crippen LogP contribution in [0.1, 0.15) is 27.6 Å². The van der Waals surface area contributed by atoms with Crippen molar-refractivity contribution < 1.29 is 28.6 Å². The van der Waals surface area contributed by atoms with Gasteiger partial charge in [0.1, 0.15) is 11.6 Å². The number of esters is 1. The van der Waals surface area contributed by atoms with Crippen LogP contribution in [0, 0.1) is 5.82 Å². The minimum Gasteiger partial charge on any atom is -0.497 e. The largest absolute Gasteiger partial charge is 0.497 e. The molecule has 0 spiro atoms. The summed E-state index contributed by atoms with van der Waals surface area (Å²) in [5.74, 6) is -2.30. The SMILES string of the molecule is CCOC(=O)c1ccc(-c2ccc(OC)cc2C(=O)O)cc1F. The highest BCUT2D eigenvalue weighted by atomic mass is 19.1. The number of carboxylic acids is 1. The molecule has 0 atom stereocenters. The molecule has 120 valence electrons. The number of rotatable bonds is 5. The maximum atomic E-state index is 14.1. The summed E-state index contributed by atoms with van der Waals surface area (Å²) < 4.78 is 23.9. The van der Waals surface area contributed by atoms with E-state index in [-0.39, 0.29) is 17.7 Å². The molecule has 0 saturated carbocycles. The smallest absolute Gasteiger partial charge is 0.341 e. The number of hydrogen-bond acceptors (Lipinski definition) is 4. The predicted octanol–water partition coefficient (Wildman–Crippen LogP) is 3.38. The van der Waals surface area contributed by atoms with Crippen molar-refractivity contribution in [3.05, 3.63) is 53.3 Å². The summed E-state index contributed by atoms with van der Waals surface area (Å²) in [6.07, 6.45) is 0. The van der Waals surface area contributed by atoms with E-state index in [1.54, 1.807) is 13.0 Å². The topological polar surface area (TPSA) is 72.8 Å². The van der Waals surface area contributed by atoms with E-state index in [1.807, 2.05) is 0 Å². The molecule has 0 aliphatic carbocycles. The number of benzene rings is 2. The van der Waals surface area contributed by atoms with Crippen LogP contribution in [0.5, 0.6) is 5.75 Å². The van der Waals surface area contributed by atoms with Crippen LogP contribution in [0.25, 0.3) is 11.1 Å². The summed E-state index contributed by atoms with van der Waals surface area (Å²) in [6, 6.07) is 8.33. The Kier molecular flexibility index (Phi) is 4.95. The molecule has 2 rings (SSSR count). The van der Waals surface area contributed by atoms with E-state index in [1.165, 1.54) is 31.4 Å². The molecular weight excluding hydrogens is 303 g/mol. The summed E-state index contributed by atoms with van der Waals surface area (Å²) in [7, 11) is 1.43. The van der Waals surface area contributed by atoms with Crippen molar-refractivity contribution in [2.24, 2.45) is 0 Å². The standard InChI is InChI=1S/C17H15FO5/c1-3-23-17(21)13-6-4-10(8-15(13)18)12-7-5-11(22-2)9-14(12)16(19)20/h4-9H,3H2,1-2H3,(H,19,20). The zero-order valence-electron chi connectivity index (χ0n) is 12.6. The highest BCUT2D eigenvalue weighted by Crippen LogP contribution is 2.29. The number of carbonyl (C=O) groups is 2. The molecule has 23 heavy (non-hydrogen) atoms. The number of halogens is 1. The summed E-state index contributed by atoms with van der Waals surface area (Å²) >= 11 is 0. The van der Waals surface area contributed by atoms with Gasteiger partial charge in [-0.1, -0.05) is 6.07 Å². The van der Waals surface area contributed by atoms with Crippen molar-refractivity contribution in [3.63, 3.8) is 0 Å². The van der Waals surface area contributed by atoms with E-state index < -0.39 is 17.8 Å². The van der Waals surface area contributed by atoms with Gasteiger partial charge in [0.15, 0.2) is 0 Å². The van der Waals surface area contributed by atoms with Crippen LogP contribution in [-0.2, 0) is 4.74 Å². The quantitative estimate of drug-likeness (QED) is 0.856. The van der Waals surface area contributed by atoms with Crippen LogP contribution in [0.3, 0.4) is 0 Å². The molecule has 0 saturated heterocycles. The maximum absolute atomic E-state index is 14.1. The molecule has 2 aromatic rings. The first-order valence-corrected chi connectivity index (χ1v) is 6.86. The number of ether oxygens (including phenoxy) is 2. The van der Waals surface area contributed by atoms with Crippen LogP contribution in [0.4, 0.5) is 4.39 Å². The average Bonchev–Trinajstić information content (AvgIpc) is 2.54. The Bertz CT molecular complexity index is 755. The molecule has 2 aromatic carbocycles. The van der Waals surface area contributed by atoms with Gasteiger partial charge >= 0.3 is 11.9 Å². The third-order valence-corrected chi connectivity index (χ3v) is 3.23. The number of aromatic carboxylic acids is 1. The minimum absolute atomic E-state index is 0.0207. The zero-order valence-corrected chi connectivity index (χ0v) is 12.6. The maximum Gasteiger partial charge on any atom is 0.341 e. The second-order valence-electron chi connectivity index (χ2n) is 4.63. The molecule has 0 bridgehead atoms. The molecule has 0 aromatic heterocycles. The molecular formula is C17H15FO5. The Morgan fingerprint density at radius 2 is 1.87 bits per heavy atom. The molecule has 0 radical (unpaired) electrons. The van der Waals surface area contributed by atoms with Gasteiger partial charge in [-0.2, -0.15) is 0 Å². The molecule has 0 aliphatic rings. The molecule has 0 heterocycles. The average molecular weight is 318 g/mol. The Labute approximate surface area is 132 Å². The van der Waals surface area contributed by atoms with Crippen LogP contribution in [-0.4, -0.2) is 30.8 Å². The molecule has 0 aliphatic heterocycles. The fourth-order valence-corrected chi connectivity index (χ4v) is 2.14. The van der Waals surface area contributed by atoms with E-state index in [9.17, 15) is 19.1 Å². The lowest BCUT2D eigenvalue weighted by Gasteiger charge is -2.10. The van der Waals surface area contributed by atoms with E-state index in [2.05, 4.69) is 0 Å². The monoisotopic (exact) mass is 318 g/mol. The summed E-state index contributed by atoms with van der Waals surface area (Å²) in [5, 5.41) is 9.31. The summed E-state index contributed by atoms with van der Waals surface area (Å²) in [6.45, 7) is 1.77. The minimum atomic E-state index is -1.16. The van der Waals surface area contributed by atoms with Gasteiger partial charge < -0.3 is 14.6 Å². The van der Waals surface area contributed by atoms with E-state index in [0.717, 1.165) is 6.07 Å². The van der Waals surface area contributed by atoms with Crippen molar-refractivity contribution >= 4 is 11.9 Å². The number of methoxy groups -OCH3 is 1. The molecule has 1 N–H and O–H groups in total. The number of hydrogen-bond donors (Lipinski definition) is 1. The summed E-state index contributed by atoms with van der Waals surface area (Å²) in [5.41, 5.74) is 0.455. The van der Waals surface area contributed by atoms with Crippen molar-refractivity contribution in [2.45, 2.75) is 6.92 Å². The molecule has 5 nitrogen and oxygen atoms in total. The first-order chi connectivity index (χ1) is 11.0. The van der Waals surface area contributed by atoms with Gasteiger partial charge in [-0.25, -0.2) is 14.0 Å². The molecule has 0 amide bonds. The van der Waals surface area contributed by atoms with Crippen molar-refractivity contribution in [1.82, 2.24) is 0 Å². The lowest BCUT2D eigenvalue weighted by Crippen LogP contribution is -2.07.